The Bertz CT molecular complexity index is 1010. The number of hydrogen-bond acceptors (Lipinski definition) is 5. The fraction of sp³-hybridized carbons (Fsp3) is 0.615. The first kappa shape index (κ1) is 22.7. The summed E-state index contributed by atoms with van der Waals surface area (Å²) in [6.07, 6.45) is 10.3. The molecule has 2 aliphatic heterocycles. The van der Waals surface area contributed by atoms with Gasteiger partial charge in [0.2, 0.25) is 0 Å². The summed E-state index contributed by atoms with van der Waals surface area (Å²) >= 11 is 6.49. The fourth-order valence-corrected chi connectivity index (χ4v) is 6.11. The molecule has 3 aliphatic rings. The second kappa shape index (κ2) is 10.1. The van der Waals surface area contributed by atoms with Crippen LogP contribution in [-0.2, 0) is 11.2 Å². The second-order valence-corrected chi connectivity index (χ2v) is 10.4. The number of nitrogens with zero attached hydrogens (tertiary/aromatic N) is 3. The van der Waals surface area contributed by atoms with Gasteiger partial charge in [-0.3, -0.25) is 4.79 Å². The minimum Gasteiger partial charge on any atom is -0.382 e. The van der Waals surface area contributed by atoms with Crippen molar-refractivity contribution in [2.24, 2.45) is 5.92 Å². The smallest absolute Gasteiger partial charge is 0.287 e. The topological polar surface area (TPSA) is 59.4 Å². The highest BCUT2D eigenvalue weighted by Gasteiger charge is 2.33. The summed E-state index contributed by atoms with van der Waals surface area (Å²) in [5.41, 5.74) is 3.32. The van der Waals surface area contributed by atoms with Crippen molar-refractivity contribution in [1.29, 1.82) is 0 Å². The van der Waals surface area contributed by atoms with Crippen LogP contribution < -0.4 is 15.8 Å². The standard InChI is InChI=1S/C26H35ClN4O2/c1-18-8-9-20-6-2-3-7-24(20)30(18)21-10-12-22(13-11-21)31-26(32)25(27)23(16-29-31)28-15-19-5-4-14-33-17-19/h2-3,6-7,16,18-19,21-22,28H,4-5,8-15,17H2,1H3/t18?,19-,21?,22?/m0/s1. The van der Waals surface area contributed by atoms with E-state index in [2.05, 4.69) is 46.5 Å². The van der Waals surface area contributed by atoms with Crippen molar-refractivity contribution in [2.75, 3.05) is 30.0 Å². The summed E-state index contributed by atoms with van der Waals surface area (Å²) in [4.78, 5) is 15.7. The van der Waals surface area contributed by atoms with Crippen molar-refractivity contribution in [1.82, 2.24) is 9.78 Å². The lowest BCUT2D eigenvalue weighted by molar-refractivity contribution is 0.0595. The van der Waals surface area contributed by atoms with E-state index in [9.17, 15) is 4.79 Å². The van der Waals surface area contributed by atoms with Gasteiger partial charge in [0, 0.05) is 30.9 Å². The van der Waals surface area contributed by atoms with Gasteiger partial charge in [-0.15, -0.1) is 0 Å². The Morgan fingerprint density at radius 3 is 2.70 bits per heavy atom. The number of para-hydroxylation sites is 1. The predicted molar refractivity (Wildman–Crippen MR) is 134 cm³/mol. The molecule has 0 amide bonds. The zero-order chi connectivity index (χ0) is 22.8. The summed E-state index contributed by atoms with van der Waals surface area (Å²) in [6, 6.07) is 10.0. The molecular weight excluding hydrogens is 436 g/mol. The van der Waals surface area contributed by atoms with Crippen LogP contribution >= 0.6 is 11.6 Å². The Kier molecular flexibility index (Phi) is 6.93. The van der Waals surface area contributed by atoms with Gasteiger partial charge in [-0.25, -0.2) is 4.68 Å². The van der Waals surface area contributed by atoms with Crippen molar-refractivity contribution in [2.45, 2.75) is 76.4 Å². The van der Waals surface area contributed by atoms with Gasteiger partial charge in [0.05, 0.1) is 24.5 Å². The molecule has 33 heavy (non-hydrogen) atoms. The predicted octanol–water partition coefficient (Wildman–Crippen LogP) is 5.06. The lowest BCUT2D eigenvalue weighted by atomic mass is 9.86. The lowest BCUT2D eigenvalue weighted by Gasteiger charge is -2.45. The lowest BCUT2D eigenvalue weighted by Crippen LogP contribution is -2.47. The zero-order valence-corrected chi connectivity index (χ0v) is 20.3. The molecule has 0 spiro atoms. The third-order valence-electron chi connectivity index (χ3n) is 7.76. The fourth-order valence-electron chi connectivity index (χ4n) is 5.90. The molecule has 6 nitrogen and oxygen atoms in total. The molecule has 1 saturated heterocycles. The summed E-state index contributed by atoms with van der Waals surface area (Å²) in [7, 11) is 0. The van der Waals surface area contributed by atoms with Crippen LogP contribution in [0.25, 0.3) is 0 Å². The minimum absolute atomic E-state index is 0.113. The minimum atomic E-state index is -0.179. The van der Waals surface area contributed by atoms with Gasteiger partial charge in [0.25, 0.3) is 5.56 Å². The second-order valence-electron chi connectivity index (χ2n) is 9.97. The Balaban J connectivity index is 1.24. The van der Waals surface area contributed by atoms with E-state index in [0.717, 1.165) is 64.7 Å². The molecule has 1 aromatic carbocycles. The maximum Gasteiger partial charge on any atom is 0.287 e. The molecule has 2 aromatic rings. The zero-order valence-electron chi connectivity index (χ0n) is 19.5. The number of aromatic nitrogens is 2. The number of rotatable bonds is 5. The van der Waals surface area contributed by atoms with Crippen molar-refractivity contribution >= 4 is 23.0 Å². The highest BCUT2D eigenvalue weighted by Crippen LogP contribution is 2.38. The summed E-state index contributed by atoms with van der Waals surface area (Å²) < 4.78 is 7.17. The third-order valence-corrected chi connectivity index (χ3v) is 8.13. The quantitative estimate of drug-likeness (QED) is 0.661. The first-order chi connectivity index (χ1) is 16.1. The van der Waals surface area contributed by atoms with E-state index in [-0.39, 0.29) is 16.6 Å². The van der Waals surface area contributed by atoms with Crippen LogP contribution in [0.15, 0.2) is 35.3 Å². The van der Waals surface area contributed by atoms with Crippen LogP contribution in [0.4, 0.5) is 11.4 Å². The van der Waals surface area contributed by atoms with Gasteiger partial charge in [0.1, 0.15) is 5.02 Å². The number of anilines is 2. The first-order valence-corrected chi connectivity index (χ1v) is 12.9. The Labute approximate surface area is 201 Å². The van der Waals surface area contributed by atoms with E-state index < -0.39 is 0 Å². The normalized spacial score (nSPS) is 27.8. The van der Waals surface area contributed by atoms with E-state index in [1.54, 1.807) is 10.9 Å². The highest BCUT2D eigenvalue weighted by molar-refractivity contribution is 6.32. The van der Waals surface area contributed by atoms with Crippen LogP contribution in [0, 0.1) is 5.92 Å². The summed E-state index contributed by atoms with van der Waals surface area (Å²) in [5.74, 6) is 0.454. The maximum absolute atomic E-state index is 13.0. The summed E-state index contributed by atoms with van der Waals surface area (Å²) in [6.45, 7) is 4.71. The van der Waals surface area contributed by atoms with E-state index >= 15 is 0 Å². The molecule has 1 saturated carbocycles. The number of aryl methyl sites for hydroxylation is 1. The molecule has 0 radical (unpaired) electrons. The van der Waals surface area contributed by atoms with E-state index in [0.29, 0.717) is 23.7 Å². The SMILES string of the molecule is CC1CCc2ccccc2N1C1CCC(n2ncc(NC[C@@H]3CCCOC3)c(Cl)c2=O)CC1. The molecule has 1 N–H and O–H groups in total. The van der Waals surface area contributed by atoms with Crippen molar-refractivity contribution in [3.05, 3.63) is 51.4 Å². The monoisotopic (exact) mass is 470 g/mol. The number of fused-ring (bicyclic) bond motifs is 1. The third kappa shape index (κ3) is 4.78. The molecule has 7 heteroatoms. The average molecular weight is 471 g/mol. The molecule has 2 atom stereocenters. The molecule has 3 heterocycles. The maximum atomic E-state index is 13.0. The number of nitrogens with one attached hydrogen (secondary N) is 1. The number of benzene rings is 1. The number of hydrogen-bond donors (Lipinski definition) is 1. The van der Waals surface area contributed by atoms with Gasteiger partial charge >= 0.3 is 0 Å². The van der Waals surface area contributed by atoms with Crippen LogP contribution in [-0.4, -0.2) is 41.6 Å². The van der Waals surface area contributed by atoms with Gasteiger partial charge in [-0.05, 0) is 75.8 Å². The molecule has 1 aromatic heterocycles. The number of halogens is 1. The van der Waals surface area contributed by atoms with Crippen LogP contribution in [0.2, 0.25) is 5.02 Å². The molecule has 5 rings (SSSR count). The molecule has 178 valence electrons. The largest absolute Gasteiger partial charge is 0.382 e. The highest BCUT2D eigenvalue weighted by atomic mass is 35.5. The van der Waals surface area contributed by atoms with Gasteiger partial charge < -0.3 is 15.0 Å². The number of ether oxygens (including phenoxy) is 1. The Morgan fingerprint density at radius 2 is 1.91 bits per heavy atom. The van der Waals surface area contributed by atoms with Crippen LogP contribution in [0.3, 0.4) is 0 Å². The molecule has 0 bridgehead atoms. The molecular formula is C26H35ClN4O2. The van der Waals surface area contributed by atoms with Crippen LogP contribution in [0.1, 0.15) is 63.5 Å². The van der Waals surface area contributed by atoms with E-state index in [1.165, 1.54) is 17.7 Å². The van der Waals surface area contributed by atoms with Crippen molar-refractivity contribution < 1.29 is 4.74 Å². The van der Waals surface area contributed by atoms with Crippen molar-refractivity contribution in [3.63, 3.8) is 0 Å². The van der Waals surface area contributed by atoms with E-state index in [1.807, 2.05) is 0 Å². The van der Waals surface area contributed by atoms with E-state index in [4.69, 9.17) is 16.3 Å². The molecule has 1 aliphatic carbocycles. The van der Waals surface area contributed by atoms with Gasteiger partial charge in [-0.2, -0.15) is 5.10 Å². The van der Waals surface area contributed by atoms with Gasteiger partial charge in [0.15, 0.2) is 0 Å². The molecule has 1 unspecified atom stereocenters. The van der Waals surface area contributed by atoms with Gasteiger partial charge in [-0.1, -0.05) is 29.8 Å². The Morgan fingerprint density at radius 1 is 1.12 bits per heavy atom. The van der Waals surface area contributed by atoms with Crippen LogP contribution in [0.5, 0.6) is 0 Å². The Hall–Kier alpha value is -2.05. The first-order valence-electron chi connectivity index (χ1n) is 12.6. The van der Waals surface area contributed by atoms with Crippen molar-refractivity contribution in [3.8, 4) is 0 Å². The average Bonchev–Trinajstić information content (AvgIpc) is 2.86. The molecule has 2 fully saturated rings. The summed E-state index contributed by atoms with van der Waals surface area (Å²) in [5, 5.41) is 8.10.